The summed E-state index contributed by atoms with van der Waals surface area (Å²) >= 11 is 0. The first kappa shape index (κ1) is 73.6. The van der Waals surface area contributed by atoms with Gasteiger partial charge in [0.1, 0.15) is 36.6 Å². The molecule has 0 aromatic carbocycles. The van der Waals surface area contributed by atoms with Crippen molar-refractivity contribution in [1.29, 1.82) is 0 Å². The van der Waals surface area contributed by atoms with Gasteiger partial charge in [-0.25, -0.2) is 0 Å². The molecule has 0 saturated carbocycles. The number of hydrogen-bond acceptors (Lipinski definition) is 10. The van der Waals surface area contributed by atoms with Crippen LogP contribution in [0.15, 0.2) is 24.3 Å². The lowest BCUT2D eigenvalue weighted by Crippen LogP contribution is -2.60. The minimum Gasteiger partial charge on any atom is -0.394 e. The average molecular weight is 1090 g/mol. The number of carbonyl (C=O) groups excluding carboxylic acids is 1. The average Bonchev–Trinajstić information content (AvgIpc) is 3.43. The second kappa shape index (κ2) is 55.1. The van der Waals surface area contributed by atoms with Crippen molar-refractivity contribution < 1.29 is 50.0 Å². The van der Waals surface area contributed by atoms with Gasteiger partial charge in [0.2, 0.25) is 5.91 Å². The number of carbonyl (C=O) groups is 1. The van der Waals surface area contributed by atoms with Gasteiger partial charge in [-0.3, -0.25) is 4.79 Å². The maximum Gasteiger partial charge on any atom is 0.249 e. The maximum atomic E-state index is 13.2. The maximum absolute atomic E-state index is 13.2. The van der Waals surface area contributed by atoms with Crippen molar-refractivity contribution in [1.82, 2.24) is 5.32 Å². The summed E-state index contributed by atoms with van der Waals surface area (Å²) in [6, 6.07) is -1.19. The minimum absolute atomic E-state index is 0.249. The van der Waals surface area contributed by atoms with Crippen molar-refractivity contribution in [2.24, 2.45) is 0 Å². The monoisotopic (exact) mass is 1090 g/mol. The molecule has 1 heterocycles. The lowest BCUT2D eigenvalue weighted by atomic mass is 9.98. The third kappa shape index (κ3) is 43.0. The normalized spacial score (nSPS) is 19.6. The fraction of sp³-hybridized carbons (Fsp3) is 0.924. The molecule has 77 heavy (non-hydrogen) atoms. The summed E-state index contributed by atoms with van der Waals surface area (Å²) in [5.41, 5.74) is 0. The van der Waals surface area contributed by atoms with Crippen LogP contribution in [-0.2, 0) is 14.3 Å². The number of allylic oxidation sites excluding steroid dienone is 4. The number of unbranched alkanes of at least 4 members (excludes halogenated alkanes) is 42. The van der Waals surface area contributed by atoms with E-state index in [-0.39, 0.29) is 12.8 Å². The van der Waals surface area contributed by atoms with Gasteiger partial charge >= 0.3 is 0 Å². The topological polar surface area (TPSA) is 189 Å². The molecule has 1 saturated heterocycles. The molecule has 9 atom stereocenters. The number of aliphatic hydroxyl groups is 7. The minimum atomic E-state index is -1.67. The number of ether oxygens (including phenoxy) is 2. The summed E-state index contributed by atoms with van der Waals surface area (Å²) < 4.78 is 11.2. The molecular weight excluding hydrogens is 967 g/mol. The Morgan fingerprint density at radius 3 is 1.16 bits per heavy atom. The van der Waals surface area contributed by atoms with Crippen LogP contribution in [0.4, 0.5) is 0 Å². The van der Waals surface area contributed by atoms with Crippen LogP contribution in [0.2, 0.25) is 0 Å². The quantitative estimate of drug-likeness (QED) is 0.0215. The molecule has 1 aliphatic rings. The van der Waals surface area contributed by atoms with Crippen LogP contribution in [0.3, 0.4) is 0 Å². The number of aliphatic hydroxyl groups excluding tert-OH is 7. The molecule has 11 nitrogen and oxygen atoms in total. The summed E-state index contributed by atoms with van der Waals surface area (Å²) in [6.45, 7) is 3.49. The van der Waals surface area contributed by atoms with Crippen LogP contribution in [0, 0.1) is 0 Å². The van der Waals surface area contributed by atoms with E-state index in [0.29, 0.717) is 19.3 Å². The molecule has 0 radical (unpaired) electrons. The fourth-order valence-corrected chi connectivity index (χ4v) is 10.9. The second-order valence-electron chi connectivity index (χ2n) is 23.5. The Hall–Kier alpha value is -1.41. The molecule has 8 N–H and O–H groups in total. The molecule has 0 aromatic heterocycles. The van der Waals surface area contributed by atoms with Crippen LogP contribution in [0.1, 0.15) is 322 Å². The highest BCUT2D eigenvalue weighted by atomic mass is 16.7. The SMILES string of the molecule is CCCCCCCCCCCCCCCCCCCCCCCC/C=C/CC/C=C/CCCC(O)C(O)C(COC1OC(CO)C(O)C(O)C1O)NC(=O)C(O)CCCCCCCCCCCCCCCCCCCCC. The predicted octanol–water partition coefficient (Wildman–Crippen LogP) is 15.2. The van der Waals surface area contributed by atoms with Gasteiger partial charge < -0.3 is 50.5 Å². The van der Waals surface area contributed by atoms with Gasteiger partial charge in [0.15, 0.2) is 6.29 Å². The molecule has 1 rings (SSSR count). The lowest BCUT2D eigenvalue weighted by molar-refractivity contribution is -0.303. The van der Waals surface area contributed by atoms with Gasteiger partial charge in [0.05, 0.1) is 25.4 Å². The van der Waals surface area contributed by atoms with E-state index in [9.17, 15) is 40.5 Å². The highest BCUT2D eigenvalue weighted by molar-refractivity contribution is 5.80. The van der Waals surface area contributed by atoms with Crippen molar-refractivity contribution in [3.63, 3.8) is 0 Å². The summed E-state index contributed by atoms with van der Waals surface area (Å²) in [6.07, 6.45) is 56.9. The highest BCUT2D eigenvalue weighted by Gasteiger charge is 2.44. The smallest absolute Gasteiger partial charge is 0.249 e. The summed E-state index contributed by atoms with van der Waals surface area (Å²) in [7, 11) is 0. The number of nitrogens with one attached hydrogen (secondary N) is 1. The van der Waals surface area contributed by atoms with E-state index in [0.717, 1.165) is 38.5 Å². The van der Waals surface area contributed by atoms with E-state index in [1.807, 2.05) is 0 Å². The van der Waals surface area contributed by atoms with Gasteiger partial charge in [0.25, 0.3) is 0 Å². The number of rotatable bonds is 58. The third-order valence-electron chi connectivity index (χ3n) is 16.2. The number of hydrogen-bond donors (Lipinski definition) is 8. The van der Waals surface area contributed by atoms with Gasteiger partial charge in [-0.2, -0.15) is 0 Å². The summed E-state index contributed by atoms with van der Waals surface area (Å²) in [5.74, 6) is -0.705. The Bertz CT molecular complexity index is 1300. The van der Waals surface area contributed by atoms with Crippen LogP contribution in [0.5, 0.6) is 0 Å². The van der Waals surface area contributed by atoms with Crippen LogP contribution >= 0.6 is 0 Å². The van der Waals surface area contributed by atoms with Gasteiger partial charge in [-0.05, 0) is 51.4 Å². The van der Waals surface area contributed by atoms with E-state index in [2.05, 4.69) is 43.5 Å². The van der Waals surface area contributed by atoms with Gasteiger partial charge in [0, 0.05) is 0 Å². The molecule has 0 bridgehead atoms. The highest BCUT2D eigenvalue weighted by Crippen LogP contribution is 2.24. The first-order valence-corrected chi connectivity index (χ1v) is 33.2. The van der Waals surface area contributed by atoms with Crippen LogP contribution < -0.4 is 5.32 Å². The van der Waals surface area contributed by atoms with E-state index in [1.54, 1.807) is 0 Å². The Morgan fingerprint density at radius 2 is 0.779 bits per heavy atom. The van der Waals surface area contributed by atoms with Crippen molar-refractivity contribution in [2.45, 2.75) is 377 Å². The van der Waals surface area contributed by atoms with Crippen LogP contribution in [-0.4, -0.2) is 110 Å². The molecule has 11 heteroatoms. The van der Waals surface area contributed by atoms with E-state index < -0.39 is 74.2 Å². The van der Waals surface area contributed by atoms with E-state index in [1.165, 1.54) is 238 Å². The molecule has 0 spiro atoms. The molecule has 1 fully saturated rings. The Kier molecular flexibility index (Phi) is 52.7. The summed E-state index contributed by atoms with van der Waals surface area (Å²) in [4.78, 5) is 13.2. The van der Waals surface area contributed by atoms with E-state index >= 15 is 0 Å². The first-order chi connectivity index (χ1) is 37.7. The molecule has 1 aliphatic heterocycles. The van der Waals surface area contributed by atoms with E-state index in [4.69, 9.17) is 9.47 Å². The molecule has 1 amide bonds. The molecule has 0 aliphatic carbocycles. The van der Waals surface area contributed by atoms with Crippen LogP contribution in [0.25, 0.3) is 0 Å². The second-order valence-corrected chi connectivity index (χ2v) is 23.5. The van der Waals surface area contributed by atoms with Gasteiger partial charge in [-0.1, -0.05) is 295 Å². The summed E-state index contributed by atoms with van der Waals surface area (Å²) in [5, 5.41) is 76.3. The zero-order chi connectivity index (χ0) is 56.1. The lowest BCUT2D eigenvalue weighted by Gasteiger charge is -2.40. The Balaban J connectivity index is 2.24. The standard InChI is InChI=1S/C66H127NO10/c1-3-5-7-9-11-13-15-17-19-21-23-24-25-26-27-28-29-30-31-32-33-34-36-37-39-41-43-45-47-49-51-53-58(69)61(71)57(56-76-66-64(74)63(73)62(72)60(55-68)77-66)67-65(75)59(70)54-52-50-48-46-44-42-40-38-35-22-20-18-16-14-12-10-8-6-4-2/h37,39,45,47,57-64,66,68-74H,3-36,38,40-44,46,48-56H2,1-2H3,(H,67,75)/b39-37+,47-45+. The van der Waals surface area contributed by atoms with Gasteiger partial charge in [-0.15, -0.1) is 0 Å². The first-order valence-electron chi connectivity index (χ1n) is 33.2. The molecule has 0 aromatic rings. The molecule has 456 valence electrons. The molecule has 9 unspecified atom stereocenters. The van der Waals surface area contributed by atoms with Crippen molar-refractivity contribution in [2.75, 3.05) is 13.2 Å². The van der Waals surface area contributed by atoms with Crippen molar-refractivity contribution >= 4 is 5.91 Å². The van der Waals surface area contributed by atoms with Crippen molar-refractivity contribution in [3.05, 3.63) is 24.3 Å². The van der Waals surface area contributed by atoms with Crippen molar-refractivity contribution in [3.8, 4) is 0 Å². The zero-order valence-electron chi connectivity index (χ0n) is 50.2. The largest absolute Gasteiger partial charge is 0.394 e. The Labute approximate surface area is 474 Å². The Morgan fingerprint density at radius 1 is 0.442 bits per heavy atom. The molecular formula is C66H127NO10. The predicted molar refractivity (Wildman–Crippen MR) is 321 cm³/mol. The fourth-order valence-electron chi connectivity index (χ4n) is 10.9. The number of amides is 1. The zero-order valence-corrected chi connectivity index (χ0v) is 50.2. The third-order valence-corrected chi connectivity index (χ3v) is 16.2.